The summed E-state index contributed by atoms with van der Waals surface area (Å²) in [5.74, 6) is -0.485. The number of carbonyl (C=O) groups excluding carboxylic acids is 1. The van der Waals surface area contributed by atoms with Gasteiger partial charge < -0.3 is 15.8 Å². The second-order valence-corrected chi connectivity index (χ2v) is 6.72. The maximum absolute atomic E-state index is 11.5. The third-order valence-electron chi connectivity index (χ3n) is 4.81. The number of nitrogens with zero attached hydrogens (tertiary/aromatic N) is 1. The highest BCUT2D eigenvalue weighted by atomic mass is 35.5. The SMILES string of the molecule is NC(=O)c1c[nH]c2cc(Cl)c(-c3ccc(C4(CO)CC4)nc3)cc12. The van der Waals surface area contributed by atoms with Crippen molar-refractivity contribution in [3.05, 3.63) is 52.9 Å². The fraction of sp³-hybridized carbons (Fsp3) is 0.222. The molecule has 1 aliphatic carbocycles. The van der Waals surface area contributed by atoms with E-state index in [0.29, 0.717) is 10.6 Å². The van der Waals surface area contributed by atoms with E-state index in [0.717, 1.165) is 40.6 Å². The molecule has 0 unspecified atom stereocenters. The lowest BCUT2D eigenvalue weighted by Crippen LogP contribution is -2.13. The number of aliphatic hydroxyl groups excluding tert-OH is 1. The van der Waals surface area contributed by atoms with Gasteiger partial charge in [-0.15, -0.1) is 0 Å². The van der Waals surface area contributed by atoms with Crippen molar-refractivity contribution in [2.45, 2.75) is 18.3 Å². The van der Waals surface area contributed by atoms with Crippen molar-refractivity contribution in [2.75, 3.05) is 6.61 Å². The minimum atomic E-state index is -0.485. The molecule has 0 aliphatic heterocycles. The third-order valence-corrected chi connectivity index (χ3v) is 5.12. The van der Waals surface area contributed by atoms with Gasteiger partial charge in [-0.3, -0.25) is 9.78 Å². The lowest BCUT2D eigenvalue weighted by molar-refractivity contribution is 0.100. The van der Waals surface area contributed by atoms with Crippen LogP contribution in [0.3, 0.4) is 0 Å². The van der Waals surface area contributed by atoms with E-state index in [-0.39, 0.29) is 12.0 Å². The topological polar surface area (TPSA) is 92.0 Å². The van der Waals surface area contributed by atoms with E-state index in [1.165, 1.54) is 0 Å². The van der Waals surface area contributed by atoms with Gasteiger partial charge >= 0.3 is 0 Å². The fourth-order valence-corrected chi connectivity index (χ4v) is 3.35. The molecule has 1 saturated carbocycles. The number of H-pyrrole nitrogens is 1. The molecule has 1 amide bonds. The number of aromatic nitrogens is 2. The minimum Gasteiger partial charge on any atom is -0.395 e. The number of pyridine rings is 1. The van der Waals surface area contributed by atoms with Gasteiger partial charge in [0.15, 0.2) is 0 Å². The van der Waals surface area contributed by atoms with E-state index >= 15 is 0 Å². The Labute approximate surface area is 143 Å². The molecular weight excluding hydrogens is 326 g/mol. The number of hydrogen-bond acceptors (Lipinski definition) is 3. The van der Waals surface area contributed by atoms with Crippen LogP contribution in [0.5, 0.6) is 0 Å². The number of primary amides is 1. The number of aliphatic hydroxyl groups is 1. The molecule has 5 nitrogen and oxygen atoms in total. The van der Waals surface area contributed by atoms with Crippen LogP contribution in [0.1, 0.15) is 28.9 Å². The Morgan fingerprint density at radius 3 is 2.75 bits per heavy atom. The number of benzene rings is 1. The maximum atomic E-state index is 11.5. The highest BCUT2D eigenvalue weighted by molar-refractivity contribution is 6.34. The molecule has 4 N–H and O–H groups in total. The second kappa shape index (κ2) is 5.33. The summed E-state index contributed by atoms with van der Waals surface area (Å²) in [6.45, 7) is 0.122. The van der Waals surface area contributed by atoms with Crippen LogP contribution >= 0.6 is 11.6 Å². The highest BCUT2D eigenvalue weighted by Crippen LogP contribution is 2.47. The molecule has 6 heteroatoms. The van der Waals surface area contributed by atoms with Gasteiger partial charge in [0.1, 0.15) is 0 Å². The highest BCUT2D eigenvalue weighted by Gasteiger charge is 2.44. The molecule has 24 heavy (non-hydrogen) atoms. The summed E-state index contributed by atoms with van der Waals surface area (Å²) in [4.78, 5) is 19.1. The summed E-state index contributed by atoms with van der Waals surface area (Å²) in [5, 5.41) is 10.8. The van der Waals surface area contributed by atoms with Crippen LogP contribution in [-0.4, -0.2) is 27.6 Å². The van der Waals surface area contributed by atoms with Gasteiger partial charge in [0, 0.05) is 45.5 Å². The van der Waals surface area contributed by atoms with Crippen LogP contribution in [0.2, 0.25) is 5.02 Å². The van der Waals surface area contributed by atoms with Gasteiger partial charge in [0.2, 0.25) is 0 Å². The monoisotopic (exact) mass is 341 g/mol. The zero-order chi connectivity index (χ0) is 16.9. The number of rotatable bonds is 4. The molecule has 1 aliphatic rings. The van der Waals surface area contributed by atoms with Gasteiger partial charge in [-0.05, 0) is 31.0 Å². The molecule has 1 aromatic carbocycles. The Morgan fingerprint density at radius 1 is 1.38 bits per heavy atom. The van der Waals surface area contributed by atoms with E-state index in [2.05, 4.69) is 9.97 Å². The van der Waals surface area contributed by atoms with E-state index in [9.17, 15) is 9.90 Å². The Hall–Kier alpha value is -2.37. The Morgan fingerprint density at radius 2 is 2.17 bits per heavy atom. The number of nitrogens with two attached hydrogens (primary N) is 1. The number of amides is 1. The van der Waals surface area contributed by atoms with Gasteiger partial charge in [-0.1, -0.05) is 17.7 Å². The predicted molar refractivity (Wildman–Crippen MR) is 93.1 cm³/mol. The molecule has 122 valence electrons. The summed E-state index contributed by atoms with van der Waals surface area (Å²) >= 11 is 6.39. The first kappa shape index (κ1) is 15.2. The van der Waals surface area contributed by atoms with E-state index in [4.69, 9.17) is 17.3 Å². The van der Waals surface area contributed by atoms with Crippen LogP contribution < -0.4 is 5.73 Å². The summed E-state index contributed by atoms with van der Waals surface area (Å²) in [6, 6.07) is 7.51. The van der Waals surface area contributed by atoms with Crippen LogP contribution in [0.4, 0.5) is 0 Å². The summed E-state index contributed by atoms with van der Waals surface area (Å²) in [5.41, 5.74) is 9.01. The van der Waals surface area contributed by atoms with Crippen LogP contribution in [-0.2, 0) is 5.41 Å². The second-order valence-electron chi connectivity index (χ2n) is 6.31. The van der Waals surface area contributed by atoms with Crippen molar-refractivity contribution >= 4 is 28.4 Å². The molecule has 0 radical (unpaired) electrons. The number of halogens is 1. The van der Waals surface area contributed by atoms with Crippen LogP contribution in [0.25, 0.3) is 22.0 Å². The number of nitrogens with one attached hydrogen (secondary N) is 1. The molecular formula is C18H16ClN3O2. The molecule has 1 fully saturated rings. The number of aromatic amines is 1. The Kier molecular flexibility index (Phi) is 3.37. The minimum absolute atomic E-state index is 0.122. The van der Waals surface area contributed by atoms with Crippen molar-refractivity contribution in [3.8, 4) is 11.1 Å². The first-order valence-electron chi connectivity index (χ1n) is 7.72. The van der Waals surface area contributed by atoms with Crippen LogP contribution in [0.15, 0.2) is 36.7 Å². The largest absolute Gasteiger partial charge is 0.395 e. The molecule has 2 aromatic heterocycles. The lowest BCUT2D eigenvalue weighted by atomic mass is 10.00. The maximum Gasteiger partial charge on any atom is 0.250 e. The number of carbonyl (C=O) groups is 1. The van der Waals surface area contributed by atoms with Crippen molar-refractivity contribution < 1.29 is 9.90 Å². The van der Waals surface area contributed by atoms with E-state index < -0.39 is 5.91 Å². The summed E-state index contributed by atoms with van der Waals surface area (Å²) in [7, 11) is 0. The van der Waals surface area contributed by atoms with Crippen LogP contribution in [0, 0.1) is 0 Å². The standard InChI is InChI=1S/C18H16ClN3O2/c19-14-6-15-12(13(8-21-15)17(20)24)5-11(14)10-1-2-16(22-7-10)18(9-23)3-4-18/h1-2,5-8,21,23H,3-4,9H2,(H2,20,24). The molecule has 4 rings (SSSR count). The molecule has 0 atom stereocenters. The van der Waals surface area contributed by atoms with E-state index in [1.807, 2.05) is 18.2 Å². The number of fused-ring (bicyclic) bond motifs is 1. The molecule has 0 spiro atoms. The average Bonchev–Trinajstić information content (AvgIpc) is 3.28. The molecule has 2 heterocycles. The molecule has 3 aromatic rings. The van der Waals surface area contributed by atoms with Gasteiger partial charge in [-0.2, -0.15) is 0 Å². The average molecular weight is 342 g/mol. The first-order chi connectivity index (χ1) is 11.5. The van der Waals surface area contributed by atoms with Gasteiger partial charge in [0.05, 0.1) is 17.2 Å². The zero-order valence-electron chi connectivity index (χ0n) is 12.8. The summed E-state index contributed by atoms with van der Waals surface area (Å²) < 4.78 is 0. The van der Waals surface area contributed by atoms with Crippen molar-refractivity contribution in [2.24, 2.45) is 5.73 Å². The quantitative estimate of drug-likeness (QED) is 0.681. The Balaban J connectivity index is 1.79. The van der Waals surface area contributed by atoms with Gasteiger partial charge in [0.25, 0.3) is 5.91 Å². The van der Waals surface area contributed by atoms with Crippen molar-refractivity contribution in [1.82, 2.24) is 9.97 Å². The van der Waals surface area contributed by atoms with Gasteiger partial charge in [-0.25, -0.2) is 0 Å². The fourth-order valence-electron chi connectivity index (χ4n) is 3.08. The van der Waals surface area contributed by atoms with Crippen molar-refractivity contribution in [1.29, 1.82) is 0 Å². The summed E-state index contributed by atoms with van der Waals surface area (Å²) in [6.07, 6.45) is 5.28. The lowest BCUT2D eigenvalue weighted by Gasteiger charge is -2.12. The normalized spacial score (nSPS) is 15.6. The Bertz CT molecular complexity index is 943. The zero-order valence-corrected chi connectivity index (χ0v) is 13.6. The predicted octanol–water partition coefficient (Wildman–Crippen LogP) is 3.01. The molecule has 0 bridgehead atoms. The van der Waals surface area contributed by atoms with Crippen molar-refractivity contribution in [3.63, 3.8) is 0 Å². The van der Waals surface area contributed by atoms with E-state index in [1.54, 1.807) is 18.5 Å². The molecule has 0 saturated heterocycles. The number of hydrogen-bond donors (Lipinski definition) is 3. The third kappa shape index (κ3) is 2.28. The first-order valence-corrected chi connectivity index (χ1v) is 8.10. The smallest absolute Gasteiger partial charge is 0.250 e.